The number of nitrogens with one attached hydrogen (secondary N) is 1. The summed E-state index contributed by atoms with van der Waals surface area (Å²) in [5.74, 6) is -0.0578. The van der Waals surface area contributed by atoms with E-state index in [0.29, 0.717) is 11.4 Å². The molecule has 1 saturated heterocycles. The summed E-state index contributed by atoms with van der Waals surface area (Å²) in [5.41, 5.74) is -2.75. The number of rotatable bonds is 4. The molecule has 1 N–H and O–H groups in total. The largest absolute Gasteiger partial charge is 0.418 e. The zero-order chi connectivity index (χ0) is 27.0. The number of hydrogen-bond donors (Lipinski definition) is 1. The van der Waals surface area contributed by atoms with E-state index in [9.17, 15) is 22.8 Å². The maximum absolute atomic E-state index is 13.5. The van der Waals surface area contributed by atoms with E-state index in [1.165, 1.54) is 29.3 Å². The van der Waals surface area contributed by atoms with Crippen LogP contribution in [0.2, 0.25) is 0 Å². The minimum Gasteiger partial charge on any atom is -0.410 e. The van der Waals surface area contributed by atoms with Crippen LogP contribution in [0.15, 0.2) is 66.9 Å². The lowest BCUT2D eigenvalue weighted by Gasteiger charge is -2.29. The van der Waals surface area contributed by atoms with Gasteiger partial charge in [-0.15, -0.1) is 0 Å². The summed E-state index contributed by atoms with van der Waals surface area (Å²) in [6.07, 6.45) is -4.19. The first kappa shape index (κ1) is 25.6. The Hall–Kier alpha value is -4.50. The van der Waals surface area contributed by atoms with E-state index in [0.717, 1.165) is 17.0 Å². The molecule has 0 bridgehead atoms. The molecule has 0 atom stereocenters. The molecule has 8 nitrogen and oxygen atoms in total. The van der Waals surface area contributed by atoms with Gasteiger partial charge in [0.1, 0.15) is 17.1 Å². The smallest absolute Gasteiger partial charge is 0.410 e. The van der Waals surface area contributed by atoms with Crippen LogP contribution in [0.25, 0.3) is 0 Å². The predicted molar refractivity (Wildman–Crippen MR) is 133 cm³/mol. The molecule has 2 aromatic carbocycles. The molecule has 1 aliphatic rings. The molecule has 0 spiro atoms. The van der Waals surface area contributed by atoms with Crippen LogP contribution < -0.4 is 19.9 Å². The van der Waals surface area contributed by atoms with Crippen LogP contribution in [0.4, 0.5) is 35.2 Å². The number of hydrogen-bond acceptors (Lipinski definition) is 6. The summed E-state index contributed by atoms with van der Waals surface area (Å²) in [6, 6.07) is 15.9. The molecule has 1 aliphatic heterocycles. The number of nitrogens with zero attached hydrogens (tertiary/aromatic N) is 4. The predicted octanol–water partition coefficient (Wildman–Crippen LogP) is 5.50. The maximum Gasteiger partial charge on any atom is 0.418 e. The van der Waals surface area contributed by atoms with Crippen LogP contribution in [0.1, 0.15) is 25.0 Å². The zero-order valence-corrected chi connectivity index (χ0v) is 20.2. The fourth-order valence-electron chi connectivity index (χ4n) is 3.78. The van der Waals surface area contributed by atoms with Crippen molar-refractivity contribution >= 4 is 46.5 Å². The van der Waals surface area contributed by atoms with Gasteiger partial charge < -0.3 is 9.64 Å². The van der Waals surface area contributed by atoms with Crippen molar-refractivity contribution in [3.8, 4) is 11.8 Å². The van der Waals surface area contributed by atoms with Crippen molar-refractivity contribution in [2.75, 3.05) is 15.1 Å². The molecule has 4 rings (SSSR count). The van der Waals surface area contributed by atoms with Crippen LogP contribution in [-0.4, -0.2) is 27.6 Å². The molecule has 2 heterocycles. The van der Waals surface area contributed by atoms with Crippen molar-refractivity contribution in [3.63, 3.8) is 0 Å². The third-order valence-electron chi connectivity index (χ3n) is 5.55. The first-order valence-corrected chi connectivity index (χ1v) is 11.1. The molecule has 2 amide bonds. The zero-order valence-electron chi connectivity index (χ0n) is 19.4. The third kappa shape index (κ3) is 4.94. The summed E-state index contributed by atoms with van der Waals surface area (Å²) in [6.45, 7) is 3.14. The van der Waals surface area contributed by atoms with E-state index < -0.39 is 34.8 Å². The summed E-state index contributed by atoms with van der Waals surface area (Å²) in [5, 5.41) is 11.5. The number of benzene rings is 2. The molecule has 12 heteroatoms. The molecule has 0 unspecified atom stereocenters. The topological polar surface area (TPSA) is 98.6 Å². The Morgan fingerprint density at radius 3 is 2.38 bits per heavy atom. The summed E-state index contributed by atoms with van der Waals surface area (Å²) < 4.78 is 45.6. The average Bonchev–Trinajstić information content (AvgIpc) is 3.02. The summed E-state index contributed by atoms with van der Waals surface area (Å²) in [4.78, 5) is 32.0. The lowest BCUT2D eigenvalue weighted by atomic mass is 10.0. The molecule has 0 aliphatic carbocycles. The SMILES string of the molecule is CC1(C)C(=O)N(c2ccc(C#N)c(C(F)(F)F)c2)C(=S)N1c1ccc(NC(=O)Oc2ccccc2)nc1. The highest BCUT2D eigenvalue weighted by atomic mass is 32.1. The molecule has 37 heavy (non-hydrogen) atoms. The lowest BCUT2D eigenvalue weighted by molar-refractivity contribution is -0.137. The number of para-hydroxylation sites is 1. The van der Waals surface area contributed by atoms with Gasteiger partial charge in [-0.3, -0.25) is 15.0 Å². The Morgan fingerprint density at radius 2 is 1.78 bits per heavy atom. The molecule has 0 radical (unpaired) electrons. The summed E-state index contributed by atoms with van der Waals surface area (Å²) in [7, 11) is 0. The summed E-state index contributed by atoms with van der Waals surface area (Å²) >= 11 is 5.49. The van der Waals surface area contributed by atoms with Crippen molar-refractivity contribution < 1.29 is 27.5 Å². The second-order valence-electron chi connectivity index (χ2n) is 8.39. The van der Waals surface area contributed by atoms with Gasteiger partial charge in [0.25, 0.3) is 5.91 Å². The minimum atomic E-state index is -4.80. The Balaban J connectivity index is 1.58. The van der Waals surface area contributed by atoms with Crippen LogP contribution in [0.3, 0.4) is 0 Å². The van der Waals surface area contributed by atoms with Gasteiger partial charge in [-0.05, 0) is 68.5 Å². The monoisotopic (exact) mass is 525 g/mol. The van der Waals surface area contributed by atoms with Crippen molar-refractivity contribution in [2.24, 2.45) is 0 Å². The van der Waals surface area contributed by atoms with Crippen LogP contribution >= 0.6 is 12.2 Å². The number of thiocarbonyl (C=S) groups is 1. The van der Waals surface area contributed by atoms with E-state index in [1.807, 2.05) is 0 Å². The van der Waals surface area contributed by atoms with Gasteiger partial charge in [0.15, 0.2) is 5.11 Å². The first-order valence-electron chi connectivity index (χ1n) is 10.7. The molecular formula is C25H18F3N5O3S. The normalized spacial score (nSPS) is 14.9. The molecule has 1 aromatic heterocycles. The number of anilines is 3. The number of carbonyl (C=O) groups is 2. The minimum absolute atomic E-state index is 0.0705. The van der Waals surface area contributed by atoms with Gasteiger partial charge in [0.05, 0.1) is 34.8 Å². The van der Waals surface area contributed by atoms with Gasteiger partial charge in [0.2, 0.25) is 0 Å². The van der Waals surface area contributed by atoms with Crippen LogP contribution in [0.5, 0.6) is 5.75 Å². The van der Waals surface area contributed by atoms with E-state index in [2.05, 4.69) is 10.3 Å². The number of aromatic nitrogens is 1. The third-order valence-corrected chi connectivity index (χ3v) is 5.91. The van der Waals surface area contributed by atoms with Gasteiger partial charge >= 0.3 is 12.3 Å². The number of ether oxygens (including phenoxy) is 1. The Kier molecular flexibility index (Phi) is 6.58. The van der Waals surface area contributed by atoms with Crippen molar-refractivity contribution in [3.05, 3.63) is 78.0 Å². The number of amides is 2. The van der Waals surface area contributed by atoms with Crippen molar-refractivity contribution in [1.29, 1.82) is 5.26 Å². The highest BCUT2D eigenvalue weighted by Crippen LogP contribution is 2.39. The van der Waals surface area contributed by atoms with E-state index >= 15 is 0 Å². The van der Waals surface area contributed by atoms with E-state index in [-0.39, 0.29) is 16.6 Å². The fourth-order valence-corrected chi connectivity index (χ4v) is 4.30. The molecule has 188 valence electrons. The fraction of sp³-hybridized carbons (Fsp3) is 0.160. The van der Waals surface area contributed by atoms with Gasteiger partial charge in [-0.2, -0.15) is 18.4 Å². The second-order valence-corrected chi connectivity index (χ2v) is 8.75. The maximum atomic E-state index is 13.5. The first-order chi connectivity index (χ1) is 17.4. The van der Waals surface area contributed by atoms with Gasteiger partial charge in [0, 0.05) is 0 Å². The molecule has 1 fully saturated rings. The van der Waals surface area contributed by atoms with E-state index in [4.69, 9.17) is 22.2 Å². The van der Waals surface area contributed by atoms with E-state index in [1.54, 1.807) is 50.2 Å². The Bertz CT molecular complexity index is 1420. The highest BCUT2D eigenvalue weighted by Gasteiger charge is 2.50. The number of halogens is 3. The Morgan fingerprint density at radius 1 is 1.11 bits per heavy atom. The second kappa shape index (κ2) is 9.51. The number of carbonyl (C=O) groups excluding carboxylic acids is 2. The van der Waals surface area contributed by atoms with Crippen LogP contribution in [0, 0.1) is 11.3 Å². The highest BCUT2D eigenvalue weighted by molar-refractivity contribution is 7.81. The quantitative estimate of drug-likeness (QED) is 0.449. The standard InChI is InChI=1S/C25H18F3N5O3S/c1-24(2)21(34)32(16-9-8-15(13-29)19(12-16)25(26,27)28)23(37)33(24)17-10-11-20(30-14-17)31-22(35)36-18-6-4-3-5-7-18/h3-12,14H,1-2H3,(H,30,31,35). The average molecular weight is 526 g/mol. The molecular weight excluding hydrogens is 507 g/mol. The lowest BCUT2D eigenvalue weighted by Crippen LogP contribution is -2.44. The van der Waals surface area contributed by atoms with Gasteiger partial charge in [-0.1, -0.05) is 18.2 Å². The molecule has 0 saturated carbocycles. The number of alkyl halides is 3. The van der Waals surface area contributed by atoms with Crippen molar-refractivity contribution in [1.82, 2.24) is 4.98 Å². The number of pyridine rings is 1. The van der Waals surface area contributed by atoms with Crippen LogP contribution in [-0.2, 0) is 11.0 Å². The van der Waals surface area contributed by atoms with Gasteiger partial charge in [-0.25, -0.2) is 9.78 Å². The van der Waals surface area contributed by atoms with Crippen molar-refractivity contribution in [2.45, 2.75) is 25.6 Å². The Labute approximate surface area is 214 Å². The number of nitriles is 1. The molecule has 3 aromatic rings.